The number of halogens is 1. The molecule has 22 heavy (non-hydrogen) atoms. The summed E-state index contributed by atoms with van der Waals surface area (Å²) in [7, 11) is 2.02. The van der Waals surface area contributed by atoms with Crippen molar-refractivity contribution in [3.63, 3.8) is 0 Å². The molecule has 0 fully saturated rings. The molecule has 0 saturated heterocycles. The first-order valence-electron chi connectivity index (χ1n) is 7.02. The number of aromatic nitrogens is 2. The van der Waals surface area contributed by atoms with Crippen LogP contribution >= 0.6 is 11.6 Å². The Morgan fingerprint density at radius 1 is 1.05 bits per heavy atom. The van der Waals surface area contributed by atoms with Gasteiger partial charge in [-0.05, 0) is 24.7 Å². The normalized spacial score (nSPS) is 11.0. The Labute approximate surface area is 134 Å². The molecule has 0 aliphatic carbocycles. The van der Waals surface area contributed by atoms with Crippen molar-refractivity contribution in [2.24, 2.45) is 0 Å². The highest BCUT2D eigenvalue weighted by molar-refractivity contribution is 6.30. The smallest absolute Gasteiger partial charge is 0.241 e. The predicted molar refractivity (Wildman–Crippen MR) is 86.4 cm³/mol. The Kier molecular flexibility index (Phi) is 4.51. The summed E-state index contributed by atoms with van der Waals surface area (Å²) in [5, 5.41) is 4.67. The summed E-state index contributed by atoms with van der Waals surface area (Å²) < 4.78 is 5.32. The molecule has 1 aromatic heterocycles. The van der Waals surface area contributed by atoms with Crippen LogP contribution in [0.15, 0.2) is 59.1 Å². The molecule has 0 radical (unpaired) electrons. The molecular formula is C17H16ClN3O. The summed E-state index contributed by atoms with van der Waals surface area (Å²) in [4.78, 5) is 6.55. The molecule has 5 heteroatoms. The average Bonchev–Trinajstić information content (AvgIpc) is 2.96. The van der Waals surface area contributed by atoms with Gasteiger partial charge in [0.25, 0.3) is 0 Å². The number of nitrogens with zero attached hydrogens (tertiary/aromatic N) is 3. The quantitative estimate of drug-likeness (QED) is 0.713. The zero-order valence-electron chi connectivity index (χ0n) is 12.2. The van der Waals surface area contributed by atoms with E-state index in [0.717, 1.165) is 12.1 Å². The lowest BCUT2D eigenvalue weighted by Crippen LogP contribution is -2.17. The minimum atomic E-state index is 0.561. The second-order valence-corrected chi connectivity index (χ2v) is 5.62. The van der Waals surface area contributed by atoms with Crippen LogP contribution < -0.4 is 0 Å². The minimum Gasteiger partial charge on any atom is -0.338 e. The Hall–Kier alpha value is -2.17. The van der Waals surface area contributed by atoms with Crippen LogP contribution in [-0.4, -0.2) is 22.1 Å². The Balaban J connectivity index is 1.66. The third-order valence-corrected chi connectivity index (χ3v) is 3.49. The van der Waals surface area contributed by atoms with Gasteiger partial charge in [-0.25, -0.2) is 0 Å². The van der Waals surface area contributed by atoms with E-state index in [9.17, 15) is 0 Å². The fourth-order valence-electron chi connectivity index (χ4n) is 2.25. The number of hydrogen-bond donors (Lipinski definition) is 0. The summed E-state index contributed by atoms with van der Waals surface area (Å²) >= 11 is 5.98. The van der Waals surface area contributed by atoms with Gasteiger partial charge >= 0.3 is 0 Å². The van der Waals surface area contributed by atoms with Crippen molar-refractivity contribution >= 4 is 11.6 Å². The van der Waals surface area contributed by atoms with Crippen LogP contribution in [0, 0.1) is 0 Å². The molecule has 112 valence electrons. The second-order valence-electron chi connectivity index (χ2n) is 5.18. The van der Waals surface area contributed by atoms with E-state index in [2.05, 4.69) is 27.2 Å². The van der Waals surface area contributed by atoms with Gasteiger partial charge in [0.15, 0.2) is 0 Å². The molecule has 4 nitrogen and oxygen atoms in total. The highest BCUT2D eigenvalue weighted by atomic mass is 35.5. The van der Waals surface area contributed by atoms with Crippen molar-refractivity contribution < 1.29 is 4.52 Å². The zero-order valence-corrected chi connectivity index (χ0v) is 13.0. The van der Waals surface area contributed by atoms with E-state index in [1.54, 1.807) is 0 Å². The van der Waals surface area contributed by atoms with E-state index in [4.69, 9.17) is 16.1 Å². The summed E-state index contributed by atoms with van der Waals surface area (Å²) in [5.41, 5.74) is 2.10. The molecule has 0 amide bonds. The molecule has 3 rings (SSSR count). The maximum absolute atomic E-state index is 5.98. The lowest BCUT2D eigenvalue weighted by Gasteiger charge is -2.13. The molecule has 0 aliphatic rings. The van der Waals surface area contributed by atoms with Gasteiger partial charge in [-0.1, -0.05) is 59.2 Å². The first-order valence-corrected chi connectivity index (χ1v) is 7.39. The molecule has 1 heterocycles. The van der Waals surface area contributed by atoms with Gasteiger partial charge in [0.1, 0.15) is 0 Å². The van der Waals surface area contributed by atoms with Crippen molar-refractivity contribution in [1.29, 1.82) is 0 Å². The van der Waals surface area contributed by atoms with Crippen LogP contribution in [0.5, 0.6) is 0 Å². The molecule has 0 bridgehead atoms. The molecule has 0 saturated carbocycles. The standard InChI is InChI=1S/C17H16ClN3O/c1-21(11-13-6-3-2-4-7-13)12-16-19-17(20-22-16)14-8-5-9-15(18)10-14/h2-10H,11-12H2,1H3. The van der Waals surface area contributed by atoms with E-state index in [1.165, 1.54) is 5.56 Å². The second kappa shape index (κ2) is 6.73. The summed E-state index contributed by atoms with van der Waals surface area (Å²) in [6.07, 6.45) is 0. The van der Waals surface area contributed by atoms with E-state index in [1.807, 2.05) is 49.5 Å². The van der Waals surface area contributed by atoms with Gasteiger partial charge in [-0.2, -0.15) is 4.98 Å². The van der Waals surface area contributed by atoms with Crippen LogP contribution in [0.25, 0.3) is 11.4 Å². The van der Waals surface area contributed by atoms with Gasteiger partial charge in [0.2, 0.25) is 11.7 Å². The van der Waals surface area contributed by atoms with Crippen LogP contribution in [0.2, 0.25) is 5.02 Å². The van der Waals surface area contributed by atoms with E-state index in [0.29, 0.717) is 23.3 Å². The van der Waals surface area contributed by atoms with Crippen molar-refractivity contribution in [2.45, 2.75) is 13.1 Å². The van der Waals surface area contributed by atoms with Crippen molar-refractivity contribution in [3.8, 4) is 11.4 Å². The molecule has 0 N–H and O–H groups in total. The van der Waals surface area contributed by atoms with Crippen molar-refractivity contribution in [2.75, 3.05) is 7.05 Å². The maximum atomic E-state index is 5.98. The zero-order chi connectivity index (χ0) is 15.4. The number of benzene rings is 2. The van der Waals surface area contributed by atoms with Crippen molar-refractivity contribution in [3.05, 3.63) is 71.1 Å². The van der Waals surface area contributed by atoms with Crippen LogP contribution in [0.3, 0.4) is 0 Å². The highest BCUT2D eigenvalue weighted by Crippen LogP contribution is 2.20. The fourth-order valence-corrected chi connectivity index (χ4v) is 2.44. The van der Waals surface area contributed by atoms with Crippen LogP contribution in [0.1, 0.15) is 11.5 Å². The SMILES string of the molecule is CN(Cc1ccccc1)Cc1nc(-c2cccc(Cl)c2)no1. The topological polar surface area (TPSA) is 42.2 Å². The first kappa shape index (κ1) is 14.8. The first-order chi connectivity index (χ1) is 10.7. The number of rotatable bonds is 5. The molecule has 2 aromatic carbocycles. The Morgan fingerprint density at radius 3 is 2.64 bits per heavy atom. The van der Waals surface area contributed by atoms with E-state index >= 15 is 0 Å². The van der Waals surface area contributed by atoms with Gasteiger partial charge < -0.3 is 4.52 Å². The Morgan fingerprint density at radius 2 is 1.86 bits per heavy atom. The summed E-state index contributed by atoms with van der Waals surface area (Å²) in [6.45, 7) is 1.43. The maximum Gasteiger partial charge on any atom is 0.241 e. The largest absolute Gasteiger partial charge is 0.338 e. The molecule has 3 aromatic rings. The van der Waals surface area contributed by atoms with Gasteiger partial charge in [0.05, 0.1) is 6.54 Å². The molecule has 0 aliphatic heterocycles. The minimum absolute atomic E-state index is 0.561. The third-order valence-electron chi connectivity index (χ3n) is 3.25. The van der Waals surface area contributed by atoms with Crippen LogP contribution in [0.4, 0.5) is 0 Å². The van der Waals surface area contributed by atoms with Gasteiger partial charge in [0, 0.05) is 17.1 Å². The molecule has 0 unspecified atom stereocenters. The van der Waals surface area contributed by atoms with Gasteiger partial charge in [-0.15, -0.1) is 0 Å². The number of hydrogen-bond acceptors (Lipinski definition) is 4. The van der Waals surface area contributed by atoms with Gasteiger partial charge in [-0.3, -0.25) is 4.90 Å². The lowest BCUT2D eigenvalue weighted by molar-refractivity contribution is 0.261. The molecule has 0 spiro atoms. The summed E-state index contributed by atoms with van der Waals surface area (Å²) in [5.74, 6) is 1.15. The van der Waals surface area contributed by atoms with E-state index < -0.39 is 0 Å². The van der Waals surface area contributed by atoms with Crippen molar-refractivity contribution in [1.82, 2.24) is 15.0 Å². The average molecular weight is 314 g/mol. The highest BCUT2D eigenvalue weighted by Gasteiger charge is 2.11. The molecular weight excluding hydrogens is 298 g/mol. The Bertz CT molecular complexity index is 742. The predicted octanol–water partition coefficient (Wildman–Crippen LogP) is 4.02. The molecule has 0 atom stereocenters. The fraction of sp³-hybridized carbons (Fsp3) is 0.176. The summed E-state index contributed by atoms with van der Waals surface area (Å²) in [6, 6.07) is 17.7. The monoisotopic (exact) mass is 313 g/mol. The van der Waals surface area contributed by atoms with E-state index in [-0.39, 0.29) is 0 Å². The lowest BCUT2D eigenvalue weighted by atomic mass is 10.2. The van der Waals surface area contributed by atoms with Crippen LogP contribution in [-0.2, 0) is 13.1 Å². The third kappa shape index (κ3) is 3.72.